The molecule has 2 saturated heterocycles. The number of nitrogens with one attached hydrogen (secondary N) is 1. The SMILES string of the molecule is Cc1nc(N2CCC3CCC(C2)N3C(C)C)c2cc[nH]c2n1. The van der Waals surface area contributed by atoms with E-state index in [1.807, 2.05) is 13.1 Å². The summed E-state index contributed by atoms with van der Waals surface area (Å²) in [5.41, 5.74) is 0.956. The number of rotatable bonds is 2. The first-order valence-corrected chi connectivity index (χ1v) is 8.47. The first-order valence-electron chi connectivity index (χ1n) is 8.47. The number of fused-ring (bicyclic) bond motifs is 3. The number of anilines is 1. The lowest BCUT2D eigenvalue weighted by Crippen LogP contribution is -2.43. The van der Waals surface area contributed by atoms with E-state index in [9.17, 15) is 0 Å². The molecule has 0 radical (unpaired) electrons. The van der Waals surface area contributed by atoms with Gasteiger partial charge in [-0.2, -0.15) is 0 Å². The van der Waals surface area contributed by atoms with Crippen molar-refractivity contribution in [2.75, 3.05) is 18.0 Å². The van der Waals surface area contributed by atoms with Crippen LogP contribution in [-0.4, -0.2) is 51.1 Å². The fourth-order valence-corrected chi connectivity index (χ4v) is 4.42. The molecule has 5 nitrogen and oxygen atoms in total. The Kier molecular flexibility index (Phi) is 3.33. The molecule has 2 aliphatic heterocycles. The largest absolute Gasteiger partial charge is 0.354 e. The van der Waals surface area contributed by atoms with Crippen molar-refractivity contribution in [1.29, 1.82) is 0 Å². The molecule has 22 heavy (non-hydrogen) atoms. The van der Waals surface area contributed by atoms with Crippen molar-refractivity contribution in [3.63, 3.8) is 0 Å². The Morgan fingerprint density at radius 1 is 1.18 bits per heavy atom. The fraction of sp³-hybridized carbons (Fsp3) is 0.647. The van der Waals surface area contributed by atoms with Gasteiger partial charge in [-0.05, 0) is 46.1 Å². The minimum absolute atomic E-state index is 0.636. The number of aryl methyl sites for hydroxylation is 1. The van der Waals surface area contributed by atoms with Gasteiger partial charge in [-0.15, -0.1) is 0 Å². The van der Waals surface area contributed by atoms with E-state index in [2.05, 4.69) is 39.7 Å². The Labute approximate surface area is 131 Å². The van der Waals surface area contributed by atoms with Gasteiger partial charge < -0.3 is 9.88 Å². The van der Waals surface area contributed by atoms with E-state index < -0.39 is 0 Å². The van der Waals surface area contributed by atoms with Crippen molar-refractivity contribution in [2.45, 2.75) is 58.2 Å². The van der Waals surface area contributed by atoms with Crippen molar-refractivity contribution in [1.82, 2.24) is 19.9 Å². The van der Waals surface area contributed by atoms with Crippen molar-refractivity contribution < 1.29 is 0 Å². The van der Waals surface area contributed by atoms with Crippen LogP contribution in [0.4, 0.5) is 5.82 Å². The molecule has 0 amide bonds. The fourth-order valence-electron chi connectivity index (χ4n) is 4.42. The first kappa shape index (κ1) is 14.0. The zero-order valence-electron chi connectivity index (χ0n) is 13.7. The van der Waals surface area contributed by atoms with Gasteiger partial charge in [-0.1, -0.05) is 0 Å². The van der Waals surface area contributed by atoms with Crippen LogP contribution in [0.5, 0.6) is 0 Å². The van der Waals surface area contributed by atoms with Crippen LogP contribution >= 0.6 is 0 Å². The summed E-state index contributed by atoms with van der Waals surface area (Å²) in [5.74, 6) is 1.96. The van der Waals surface area contributed by atoms with E-state index in [1.165, 1.54) is 19.3 Å². The third-order valence-electron chi connectivity index (χ3n) is 5.24. The maximum atomic E-state index is 4.77. The van der Waals surface area contributed by atoms with Gasteiger partial charge in [-0.3, -0.25) is 4.90 Å². The predicted octanol–water partition coefficient (Wildman–Crippen LogP) is 2.72. The molecule has 0 saturated carbocycles. The predicted molar refractivity (Wildman–Crippen MR) is 89.2 cm³/mol. The van der Waals surface area contributed by atoms with E-state index in [1.54, 1.807) is 0 Å². The maximum absolute atomic E-state index is 4.77. The number of H-pyrrole nitrogens is 1. The molecule has 1 N–H and O–H groups in total. The average Bonchev–Trinajstić information content (AvgIpc) is 3.01. The Morgan fingerprint density at radius 2 is 2.00 bits per heavy atom. The second-order valence-corrected chi connectivity index (χ2v) is 7.00. The smallest absolute Gasteiger partial charge is 0.143 e. The summed E-state index contributed by atoms with van der Waals surface area (Å²) in [7, 11) is 0. The highest BCUT2D eigenvalue weighted by Crippen LogP contribution is 2.34. The molecule has 4 heterocycles. The normalized spacial score (nSPS) is 26.1. The van der Waals surface area contributed by atoms with Crippen molar-refractivity contribution >= 4 is 16.9 Å². The molecule has 0 aliphatic carbocycles. The van der Waals surface area contributed by atoms with Crippen LogP contribution in [0.2, 0.25) is 0 Å². The Hall–Kier alpha value is -1.62. The first-order chi connectivity index (χ1) is 10.6. The van der Waals surface area contributed by atoms with Gasteiger partial charge >= 0.3 is 0 Å². The molecule has 2 bridgehead atoms. The summed E-state index contributed by atoms with van der Waals surface area (Å²) in [4.78, 5) is 17.7. The number of nitrogens with zero attached hydrogens (tertiary/aromatic N) is 4. The molecule has 118 valence electrons. The number of aromatic nitrogens is 3. The van der Waals surface area contributed by atoms with Gasteiger partial charge in [0.05, 0.1) is 5.39 Å². The van der Waals surface area contributed by atoms with Crippen LogP contribution in [0.25, 0.3) is 11.0 Å². The second-order valence-electron chi connectivity index (χ2n) is 7.00. The van der Waals surface area contributed by atoms with Crippen LogP contribution in [0.3, 0.4) is 0 Å². The molecular formula is C17H25N5. The highest BCUT2D eigenvalue weighted by atomic mass is 15.3. The van der Waals surface area contributed by atoms with E-state index >= 15 is 0 Å². The van der Waals surface area contributed by atoms with Gasteiger partial charge in [0.2, 0.25) is 0 Å². The summed E-state index contributed by atoms with van der Waals surface area (Å²) in [6.07, 6.45) is 5.88. The van der Waals surface area contributed by atoms with E-state index in [4.69, 9.17) is 4.98 Å². The van der Waals surface area contributed by atoms with Gasteiger partial charge in [0.1, 0.15) is 17.3 Å². The molecule has 4 rings (SSSR count). The molecule has 2 aromatic heterocycles. The highest BCUT2D eigenvalue weighted by Gasteiger charge is 2.39. The summed E-state index contributed by atoms with van der Waals surface area (Å²) in [6, 6.07) is 4.15. The van der Waals surface area contributed by atoms with Crippen LogP contribution in [0, 0.1) is 6.92 Å². The van der Waals surface area contributed by atoms with Crippen molar-refractivity contribution in [2.24, 2.45) is 0 Å². The molecule has 2 aliphatic rings. The third kappa shape index (κ3) is 2.19. The summed E-state index contributed by atoms with van der Waals surface area (Å²) < 4.78 is 0. The van der Waals surface area contributed by atoms with Gasteiger partial charge in [-0.25, -0.2) is 9.97 Å². The van der Waals surface area contributed by atoms with Gasteiger partial charge in [0, 0.05) is 37.4 Å². The van der Waals surface area contributed by atoms with Gasteiger partial charge in [0.15, 0.2) is 0 Å². The average molecular weight is 299 g/mol. The summed E-state index contributed by atoms with van der Waals surface area (Å²) in [5, 5.41) is 1.15. The Bertz CT molecular complexity index is 677. The molecule has 2 unspecified atom stereocenters. The summed E-state index contributed by atoms with van der Waals surface area (Å²) in [6.45, 7) is 8.83. The maximum Gasteiger partial charge on any atom is 0.143 e. The molecule has 2 fully saturated rings. The standard InChI is InChI=1S/C17H25N5/c1-11(2)22-13-4-5-14(22)10-21(9-7-13)17-15-6-8-18-16(15)19-12(3)20-17/h6,8,11,13-14H,4-5,7,9-10H2,1-3H3,(H,18,19,20). The molecule has 0 spiro atoms. The van der Waals surface area contributed by atoms with E-state index in [-0.39, 0.29) is 0 Å². The zero-order chi connectivity index (χ0) is 15.3. The lowest BCUT2D eigenvalue weighted by Gasteiger charge is -2.32. The van der Waals surface area contributed by atoms with Crippen LogP contribution in [-0.2, 0) is 0 Å². The lowest BCUT2D eigenvalue weighted by atomic mass is 10.1. The number of hydrogen-bond acceptors (Lipinski definition) is 4. The molecule has 0 aromatic carbocycles. The van der Waals surface area contributed by atoms with E-state index in [0.29, 0.717) is 12.1 Å². The van der Waals surface area contributed by atoms with Crippen molar-refractivity contribution in [3.05, 3.63) is 18.1 Å². The van der Waals surface area contributed by atoms with Crippen LogP contribution < -0.4 is 4.90 Å². The van der Waals surface area contributed by atoms with E-state index in [0.717, 1.165) is 41.8 Å². The van der Waals surface area contributed by atoms with Crippen molar-refractivity contribution in [3.8, 4) is 0 Å². The molecule has 2 aromatic rings. The molecular weight excluding hydrogens is 274 g/mol. The Balaban J connectivity index is 1.70. The highest BCUT2D eigenvalue weighted by molar-refractivity contribution is 5.87. The van der Waals surface area contributed by atoms with Crippen LogP contribution in [0.1, 0.15) is 38.9 Å². The summed E-state index contributed by atoms with van der Waals surface area (Å²) >= 11 is 0. The zero-order valence-corrected chi connectivity index (χ0v) is 13.7. The third-order valence-corrected chi connectivity index (χ3v) is 5.24. The minimum atomic E-state index is 0.636. The monoisotopic (exact) mass is 299 g/mol. The Morgan fingerprint density at radius 3 is 2.82 bits per heavy atom. The lowest BCUT2D eigenvalue weighted by molar-refractivity contribution is 0.158. The molecule has 2 atom stereocenters. The van der Waals surface area contributed by atoms with Gasteiger partial charge in [0.25, 0.3) is 0 Å². The topological polar surface area (TPSA) is 48.1 Å². The van der Waals surface area contributed by atoms with Crippen LogP contribution in [0.15, 0.2) is 12.3 Å². The second kappa shape index (κ2) is 5.23. The number of hydrogen-bond donors (Lipinski definition) is 1. The minimum Gasteiger partial charge on any atom is -0.354 e. The molecule has 5 heteroatoms. The number of aromatic amines is 1. The quantitative estimate of drug-likeness (QED) is 0.926.